The Balaban J connectivity index is 1.68. The molecule has 0 bridgehead atoms. The van der Waals surface area contributed by atoms with Crippen LogP contribution in [-0.4, -0.2) is 44.7 Å². The molecule has 0 radical (unpaired) electrons. The van der Waals surface area contributed by atoms with Gasteiger partial charge in [0, 0.05) is 56.8 Å². The second-order valence-electron chi connectivity index (χ2n) is 7.07. The van der Waals surface area contributed by atoms with Crippen molar-refractivity contribution < 1.29 is 9.59 Å². The normalized spacial score (nSPS) is 16.8. The van der Waals surface area contributed by atoms with E-state index < -0.39 is 0 Å². The van der Waals surface area contributed by atoms with Crippen LogP contribution in [-0.2, 0) is 24.9 Å². The summed E-state index contributed by atoms with van der Waals surface area (Å²) in [6.07, 6.45) is 2.40. The van der Waals surface area contributed by atoms with Gasteiger partial charge in [0.25, 0.3) is 5.91 Å². The number of rotatable bonds is 3. The van der Waals surface area contributed by atoms with Crippen molar-refractivity contribution in [2.45, 2.75) is 19.5 Å². The van der Waals surface area contributed by atoms with Gasteiger partial charge in [-0.05, 0) is 18.2 Å². The van der Waals surface area contributed by atoms with Gasteiger partial charge in [-0.25, -0.2) is 0 Å². The van der Waals surface area contributed by atoms with Gasteiger partial charge < -0.3 is 14.8 Å². The van der Waals surface area contributed by atoms with Gasteiger partial charge in [-0.2, -0.15) is 5.10 Å². The molecule has 1 unspecified atom stereocenters. The number of hydrogen-bond donors (Lipinski definition) is 1. The van der Waals surface area contributed by atoms with Crippen molar-refractivity contribution in [3.05, 3.63) is 54.0 Å². The monoisotopic (exact) mass is 365 g/mol. The third-order valence-corrected chi connectivity index (χ3v) is 5.21. The van der Waals surface area contributed by atoms with Gasteiger partial charge in [0.1, 0.15) is 0 Å². The molecular formula is C20H23N5O2. The Morgan fingerprint density at radius 2 is 2.00 bits per heavy atom. The maximum Gasteiger partial charge on any atom is 0.275 e. The number of aromatic nitrogens is 3. The third-order valence-electron chi connectivity index (χ3n) is 5.21. The van der Waals surface area contributed by atoms with E-state index in [-0.39, 0.29) is 17.7 Å². The van der Waals surface area contributed by atoms with E-state index in [9.17, 15) is 9.59 Å². The largest absolute Gasteiger partial charge is 0.359 e. The lowest BCUT2D eigenvalue weighted by molar-refractivity contribution is -0.121. The number of amides is 2. The minimum Gasteiger partial charge on any atom is -0.359 e. The van der Waals surface area contributed by atoms with Crippen molar-refractivity contribution in [2.75, 3.05) is 13.6 Å². The number of para-hydroxylation sites is 1. The first kappa shape index (κ1) is 17.3. The summed E-state index contributed by atoms with van der Waals surface area (Å²) in [7, 11) is 3.49. The minimum absolute atomic E-state index is 0.00806. The predicted octanol–water partition coefficient (Wildman–Crippen LogP) is 1.78. The highest BCUT2D eigenvalue weighted by molar-refractivity contribution is 6.04. The van der Waals surface area contributed by atoms with Crippen LogP contribution in [0.3, 0.4) is 0 Å². The molecule has 3 aromatic rings. The zero-order valence-corrected chi connectivity index (χ0v) is 15.6. The van der Waals surface area contributed by atoms with Gasteiger partial charge in [-0.1, -0.05) is 18.2 Å². The van der Waals surface area contributed by atoms with Crippen molar-refractivity contribution in [3.8, 4) is 0 Å². The molecule has 3 heterocycles. The molecule has 27 heavy (non-hydrogen) atoms. The predicted molar refractivity (Wildman–Crippen MR) is 102 cm³/mol. The fourth-order valence-corrected chi connectivity index (χ4v) is 3.85. The van der Waals surface area contributed by atoms with Crippen LogP contribution in [0.1, 0.15) is 22.6 Å². The second kappa shape index (κ2) is 6.90. The third kappa shape index (κ3) is 3.20. The van der Waals surface area contributed by atoms with Gasteiger partial charge in [-0.15, -0.1) is 0 Å². The van der Waals surface area contributed by atoms with Crippen molar-refractivity contribution in [2.24, 2.45) is 13.0 Å². The first-order chi connectivity index (χ1) is 13.1. The van der Waals surface area contributed by atoms with Gasteiger partial charge in [0.15, 0.2) is 5.69 Å². The molecule has 1 N–H and O–H groups in total. The van der Waals surface area contributed by atoms with Gasteiger partial charge in [-0.3, -0.25) is 14.3 Å². The molecule has 0 saturated heterocycles. The number of benzene rings is 1. The Kier molecular flexibility index (Phi) is 4.43. The molecule has 1 atom stereocenters. The van der Waals surface area contributed by atoms with E-state index in [1.807, 2.05) is 54.5 Å². The van der Waals surface area contributed by atoms with Crippen LogP contribution in [0.2, 0.25) is 0 Å². The van der Waals surface area contributed by atoms with Crippen molar-refractivity contribution in [1.29, 1.82) is 0 Å². The van der Waals surface area contributed by atoms with E-state index in [1.54, 1.807) is 11.7 Å². The van der Waals surface area contributed by atoms with Crippen molar-refractivity contribution in [3.63, 3.8) is 0 Å². The van der Waals surface area contributed by atoms with Crippen molar-refractivity contribution >= 4 is 22.7 Å². The van der Waals surface area contributed by atoms with Gasteiger partial charge in [0.2, 0.25) is 5.91 Å². The Morgan fingerprint density at radius 1 is 1.19 bits per heavy atom. The summed E-state index contributed by atoms with van der Waals surface area (Å²) in [4.78, 5) is 27.1. The SMILES string of the molecule is CNC(=O)CC1CN(C(=O)c2nn(C)c3ccccc23)Cc2cccn2C1. The highest BCUT2D eigenvalue weighted by Gasteiger charge is 2.29. The molecule has 2 aromatic heterocycles. The Hall–Kier alpha value is -3.09. The number of carbonyl (C=O) groups is 2. The first-order valence-corrected chi connectivity index (χ1v) is 9.12. The van der Waals surface area contributed by atoms with Gasteiger partial charge in [0.05, 0.1) is 12.1 Å². The van der Waals surface area contributed by atoms with E-state index in [4.69, 9.17) is 0 Å². The highest BCUT2D eigenvalue weighted by Crippen LogP contribution is 2.24. The number of fused-ring (bicyclic) bond motifs is 2. The molecule has 7 nitrogen and oxygen atoms in total. The van der Waals surface area contributed by atoms with E-state index in [1.165, 1.54) is 0 Å². The van der Waals surface area contributed by atoms with E-state index in [0.717, 1.165) is 23.1 Å². The van der Waals surface area contributed by atoms with Crippen LogP contribution in [0.25, 0.3) is 10.9 Å². The average Bonchev–Trinajstić information content (AvgIpc) is 3.20. The number of nitrogens with zero attached hydrogens (tertiary/aromatic N) is 4. The van der Waals surface area contributed by atoms with Gasteiger partial charge >= 0.3 is 0 Å². The average molecular weight is 365 g/mol. The molecule has 1 aliphatic rings. The van der Waals surface area contributed by atoms with Crippen LogP contribution < -0.4 is 5.32 Å². The molecule has 2 amide bonds. The second-order valence-corrected chi connectivity index (χ2v) is 7.07. The molecule has 4 rings (SSSR count). The summed E-state index contributed by atoms with van der Waals surface area (Å²) in [6, 6.07) is 11.8. The molecule has 0 saturated carbocycles. The van der Waals surface area contributed by atoms with E-state index in [0.29, 0.717) is 25.2 Å². The summed E-state index contributed by atoms with van der Waals surface area (Å²) < 4.78 is 3.88. The zero-order valence-electron chi connectivity index (χ0n) is 15.6. The standard InChI is InChI=1S/C20H23N5O2/c1-21-18(26)10-14-11-24-9-5-6-15(24)13-25(12-14)20(27)19-16-7-3-4-8-17(16)23(2)22-19/h3-9,14H,10-13H2,1-2H3,(H,21,26). The molecule has 1 aromatic carbocycles. The van der Waals surface area contributed by atoms with Crippen LogP contribution in [0.15, 0.2) is 42.6 Å². The molecule has 0 aliphatic carbocycles. The molecule has 0 fully saturated rings. The van der Waals surface area contributed by atoms with Crippen LogP contribution in [0.5, 0.6) is 0 Å². The number of hydrogen-bond acceptors (Lipinski definition) is 3. The summed E-state index contributed by atoms with van der Waals surface area (Å²) >= 11 is 0. The summed E-state index contributed by atoms with van der Waals surface area (Å²) in [5.41, 5.74) is 2.47. The summed E-state index contributed by atoms with van der Waals surface area (Å²) in [6.45, 7) is 1.77. The Bertz CT molecular complexity index is 1000. The number of nitrogens with one attached hydrogen (secondary N) is 1. The van der Waals surface area contributed by atoms with Crippen LogP contribution in [0.4, 0.5) is 0 Å². The van der Waals surface area contributed by atoms with E-state index in [2.05, 4.69) is 15.0 Å². The Morgan fingerprint density at radius 3 is 2.81 bits per heavy atom. The molecular weight excluding hydrogens is 342 g/mol. The van der Waals surface area contributed by atoms with E-state index >= 15 is 0 Å². The van der Waals surface area contributed by atoms with Crippen molar-refractivity contribution in [1.82, 2.24) is 24.6 Å². The maximum atomic E-state index is 13.4. The topological polar surface area (TPSA) is 72.2 Å². The number of aryl methyl sites for hydroxylation is 1. The summed E-state index contributed by atoms with van der Waals surface area (Å²) in [5, 5.41) is 8.02. The fraction of sp³-hybridized carbons (Fsp3) is 0.350. The molecule has 7 heteroatoms. The highest BCUT2D eigenvalue weighted by atomic mass is 16.2. The minimum atomic E-state index is -0.0941. The summed E-state index contributed by atoms with van der Waals surface area (Å²) in [5.74, 6) is -0.0489. The molecule has 0 spiro atoms. The molecule has 1 aliphatic heterocycles. The Labute approximate surface area is 157 Å². The lowest BCUT2D eigenvalue weighted by atomic mass is 10.0. The zero-order chi connectivity index (χ0) is 19.0. The van der Waals surface area contributed by atoms with Crippen LogP contribution in [0, 0.1) is 5.92 Å². The lowest BCUT2D eigenvalue weighted by Crippen LogP contribution is -2.36. The molecule has 140 valence electrons. The van der Waals surface area contributed by atoms with Crippen LogP contribution >= 0.6 is 0 Å². The lowest BCUT2D eigenvalue weighted by Gasteiger charge is -2.23. The quantitative estimate of drug-likeness (QED) is 0.769. The fourth-order valence-electron chi connectivity index (χ4n) is 3.85. The maximum absolute atomic E-state index is 13.4. The number of carbonyl (C=O) groups excluding carboxylic acids is 2. The first-order valence-electron chi connectivity index (χ1n) is 9.12. The smallest absolute Gasteiger partial charge is 0.275 e.